The van der Waals surface area contributed by atoms with Crippen molar-refractivity contribution in [3.63, 3.8) is 0 Å². The molecule has 0 bridgehead atoms. The SMILES string of the molecule is CCN1CCCC1CN(C)S(=O)(=O)c1cn(CC)nc1N. The summed E-state index contributed by atoms with van der Waals surface area (Å²) in [6.07, 6.45) is 3.67. The van der Waals surface area contributed by atoms with Crippen molar-refractivity contribution in [2.45, 2.75) is 44.2 Å². The minimum atomic E-state index is -3.58. The molecule has 2 heterocycles. The lowest BCUT2D eigenvalue weighted by Gasteiger charge is -2.27. The molecular weight excluding hydrogens is 290 g/mol. The fourth-order valence-corrected chi connectivity index (χ4v) is 4.12. The van der Waals surface area contributed by atoms with Crippen LogP contribution in [-0.2, 0) is 16.6 Å². The normalized spacial score (nSPS) is 20.5. The Balaban J connectivity index is 2.16. The Morgan fingerprint density at radius 3 is 2.71 bits per heavy atom. The molecule has 0 radical (unpaired) electrons. The van der Waals surface area contributed by atoms with Crippen LogP contribution < -0.4 is 5.73 Å². The van der Waals surface area contributed by atoms with E-state index in [9.17, 15) is 8.42 Å². The minimum absolute atomic E-state index is 0.0717. The molecule has 1 atom stereocenters. The van der Waals surface area contributed by atoms with Gasteiger partial charge in [-0.2, -0.15) is 9.40 Å². The van der Waals surface area contributed by atoms with Crippen molar-refractivity contribution in [2.75, 3.05) is 32.4 Å². The summed E-state index contributed by atoms with van der Waals surface area (Å²) in [5, 5.41) is 4.02. The standard InChI is InChI=1S/C13H25N5O2S/c1-4-17-8-6-7-11(17)9-16(3)21(19,20)12-10-18(5-2)15-13(12)14/h10-11H,4-9H2,1-3H3,(H2,14,15). The molecule has 1 aliphatic heterocycles. The van der Waals surface area contributed by atoms with Gasteiger partial charge in [0.15, 0.2) is 5.82 Å². The fourth-order valence-electron chi connectivity index (χ4n) is 2.86. The molecule has 0 amide bonds. The van der Waals surface area contributed by atoms with Crippen LogP contribution in [0.4, 0.5) is 5.82 Å². The van der Waals surface area contributed by atoms with Crippen molar-refractivity contribution in [1.29, 1.82) is 0 Å². The Bertz CT molecular complexity index is 583. The predicted octanol–water partition coefficient (Wildman–Crippen LogP) is 0.590. The van der Waals surface area contributed by atoms with E-state index in [1.54, 1.807) is 11.7 Å². The van der Waals surface area contributed by atoms with Gasteiger partial charge in [-0.1, -0.05) is 6.92 Å². The summed E-state index contributed by atoms with van der Waals surface area (Å²) >= 11 is 0. The fraction of sp³-hybridized carbons (Fsp3) is 0.769. The first-order valence-electron chi connectivity index (χ1n) is 7.43. The highest BCUT2D eigenvalue weighted by Gasteiger charge is 2.31. The van der Waals surface area contributed by atoms with Crippen LogP contribution in [-0.4, -0.2) is 60.1 Å². The number of nitrogens with two attached hydrogens (primary N) is 1. The summed E-state index contributed by atoms with van der Waals surface area (Å²) in [5.41, 5.74) is 5.75. The smallest absolute Gasteiger partial charge is 0.248 e. The number of sulfonamides is 1. The highest BCUT2D eigenvalue weighted by Crippen LogP contribution is 2.23. The minimum Gasteiger partial charge on any atom is -0.381 e. The third kappa shape index (κ3) is 3.22. The zero-order valence-corrected chi connectivity index (χ0v) is 13.8. The van der Waals surface area contributed by atoms with Gasteiger partial charge in [-0.3, -0.25) is 9.58 Å². The first kappa shape index (κ1) is 16.3. The molecule has 120 valence electrons. The van der Waals surface area contributed by atoms with E-state index in [4.69, 9.17) is 5.73 Å². The van der Waals surface area contributed by atoms with Gasteiger partial charge in [0.2, 0.25) is 10.0 Å². The lowest BCUT2D eigenvalue weighted by molar-refractivity contribution is 0.238. The van der Waals surface area contributed by atoms with Gasteiger partial charge in [0, 0.05) is 32.4 Å². The quantitative estimate of drug-likeness (QED) is 0.830. The van der Waals surface area contributed by atoms with Gasteiger partial charge in [0.25, 0.3) is 0 Å². The van der Waals surface area contributed by atoms with E-state index in [0.29, 0.717) is 13.1 Å². The van der Waals surface area contributed by atoms with Crippen LogP contribution >= 0.6 is 0 Å². The molecule has 2 N–H and O–H groups in total. The molecule has 1 aromatic heterocycles. The summed E-state index contributed by atoms with van der Waals surface area (Å²) in [6.45, 7) is 7.09. The Kier molecular flexibility index (Phi) is 4.90. The number of aromatic nitrogens is 2. The average Bonchev–Trinajstić information content (AvgIpc) is 3.04. The van der Waals surface area contributed by atoms with E-state index in [-0.39, 0.29) is 16.8 Å². The lowest BCUT2D eigenvalue weighted by atomic mass is 10.2. The van der Waals surface area contributed by atoms with E-state index in [2.05, 4.69) is 16.9 Å². The Labute approximate surface area is 126 Å². The van der Waals surface area contributed by atoms with E-state index in [1.165, 1.54) is 10.5 Å². The third-order valence-corrected chi connectivity index (χ3v) is 5.98. The van der Waals surface area contributed by atoms with Crippen molar-refractivity contribution >= 4 is 15.8 Å². The summed E-state index contributed by atoms with van der Waals surface area (Å²) in [7, 11) is -1.96. The maximum atomic E-state index is 12.6. The number of nitrogens with zero attached hydrogens (tertiary/aromatic N) is 4. The van der Waals surface area contributed by atoms with E-state index in [1.807, 2.05) is 6.92 Å². The van der Waals surface area contributed by atoms with Crippen molar-refractivity contribution in [1.82, 2.24) is 19.0 Å². The Hall–Kier alpha value is -1.12. The molecule has 0 spiro atoms. The molecule has 1 fully saturated rings. The van der Waals surface area contributed by atoms with Crippen LogP contribution in [0.3, 0.4) is 0 Å². The second kappa shape index (κ2) is 6.33. The average molecular weight is 315 g/mol. The molecular formula is C13H25N5O2S. The molecule has 1 saturated heterocycles. The van der Waals surface area contributed by atoms with Gasteiger partial charge in [0.1, 0.15) is 4.90 Å². The topological polar surface area (TPSA) is 84.5 Å². The van der Waals surface area contributed by atoms with Crippen LogP contribution in [0.25, 0.3) is 0 Å². The van der Waals surface area contributed by atoms with Crippen LogP contribution in [0.5, 0.6) is 0 Å². The largest absolute Gasteiger partial charge is 0.381 e. The second-order valence-corrected chi connectivity index (χ2v) is 7.46. The number of hydrogen-bond donors (Lipinski definition) is 1. The maximum absolute atomic E-state index is 12.6. The summed E-state index contributed by atoms with van der Waals surface area (Å²) in [4.78, 5) is 2.43. The monoisotopic (exact) mass is 315 g/mol. The molecule has 0 aromatic carbocycles. The number of likely N-dealkylation sites (tertiary alicyclic amines) is 1. The van der Waals surface area contributed by atoms with Gasteiger partial charge >= 0.3 is 0 Å². The number of hydrogen-bond acceptors (Lipinski definition) is 5. The van der Waals surface area contributed by atoms with Gasteiger partial charge in [-0.15, -0.1) is 0 Å². The zero-order valence-electron chi connectivity index (χ0n) is 13.0. The Morgan fingerprint density at radius 1 is 1.43 bits per heavy atom. The van der Waals surface area contributed by atoms with E-state index < -0.39 is 10.0 Å². The van der Waals surface area contributed by atoms with Crippen molar-refractivity contribution in [3.05, 3.63) is 6.20 Å². The molecule has 21 heavy (non-hydrogen) atoms. The molecule has 2 rings (SSSR count). The molecule has 0 saturated carbocycles. The molecule has 1 aliphatic rings. The Morgan fingerprint density at radius 2 is 2.14 bits per heavy atom. The van der Waals surface area contributed by atoms with Gasteiger partial charge < -0.3 is 5.73 Å². The molecule has 8 heteroatoms. The lowest BCUT2D eigenvalue weighted by Crippen LogP contribution is -2.41. The van der Waals surface area contributed by atoms with Crippen LogP contribution in [0, 0.1) is 0 Å². The summed E-state index contributed by atoms with van der Waals surface area (Å²) in [6, 6.07) is 0.289. The summed E-state index contributed by atoms with van der Waals surface area (Å²) in [5.74, 6) is 0.0717. The van der Waals surface area contributed by atoms with Gasteiger partial charge in [0.05, 0.1) is 0 Å². The number of likely N-dealkylation sites (N-methyl/N-ethyl adjacent to an activating group) is 2. The number of anilines is 1. The number of rotatable bonds is 6. The van der Waals surface area contributed by atoms with Crippen LogP contribution in [0.1, 0.15) is 26.7 Å². The molecule has 7 nitrogen and oxygen atoms in total. The zero-order chi connectivity index (χ0) is 15.6. The van der Waals surface area contributed by atoms with Crippen molar-refractivity contribution < 1.29 is 8.42 Å². The van der Waals surface area contributed by atoms with E-state index >= 15 is 0 Å². The maximum Gasteiger partial charge on any atom is 0.248 e. The highest BCUT2D eigenvalue weighted by molar-refractivity contribution is 7.89. The molecule has 0 aliphatic carbocycles. The second-order valence-electron chi connectivity index (χ2n) is 5.44. The highest BCUT2D eigenvalue weighted by atomic mass is 32.2. The van der Waals surface area contributed by atoms with Crippen LogP contribution in [0.15, 0.2) is 11.1 Å². The number of nitrogen functional groups attached to an aromatic ring is 1. The first-order chi connectivity index (χ1) is 9.90. The molecule has 1 aromatic rings. The number of aryl methyl sites for hydroxylation is 1. The first-order valence-corrected chi connectivity index (χ1v) is 8.87. The molecule has 1 unspecified atom stereocenters. The predicted molar refractivity (Wildman–Crippen MR) is 82.4 cm³/mol. The van der Waals surface area contributed by atoms with Crippen molar-refractivity contribution in [3.8, 4) is 0 Å². The summed E-state index contributed by atoms with van der Waals surface area (Å²) < 4.78 is 28.2. The van der Waals surface area contributed by atoms with E-state index in [0.717, 1.165) is 25.9 Å². The third-order valence-electron chi connectivity index (χ3n) is 4.14. The van der Waals surface area contributed by atoms with Gasteiger partial charge in [-0.25, -0.2) is 8.42 Å². The van der Waals surface area contributed by atoms with Crippen LogP contribution in [0.2, 0.25) is 0 Å². The van der Waals surface area contributed by atoms with Crippen molar-refractivity contribution in [2.24, 2.45) is 0 Å². The van der Waals surface area contributed by atoms with Gasteiger partial charge in [-0.05, 0) is 32.9 Å².